The van der Waals surface area contributed by atoms with E-state index < -0.39 is 4.92 Å². The average molecular weight is 258 g/mol. The quantitative estimate of drug-likeness (QED) is 0.477. The highest BCUT2D eigenvalue weighted by Gasteiger charge is 2.29. The number of phenols is 1. The molecule has 1 N–H and O–H groups in total. The minimum Gasteiger partial charge on any atom is -0.508 e. The molecule has 0 saturated heterocycles. The molecule has 0 saturated carbocycles. The van der Waals surface area contributed by atoms with Gasteiger partial charge < -0.3 is 5.11 Å². The predicted molar refractivity (Wildman–Crippen MR) is 54.9 cm³/mol. The summed E-state index contributed by atoms with van der Waals surface area (Å²) in [5.41, 5.74) is 1.48. The molecular formula is C9H8BrNO3. The smallest absolute Gasteiger partial charge is 0.273 e. The van der Waals surface area contributed by atoms with Crippen molar-refractivity contribution < 1.29 is 10.0 Å². The van der Waals surface area contributed by atoms with Crippen LogP contribution in [0.1, 0.15) is 11.1 Å². The van der Waals surface area contributed by atoms with Crippen LogP contribution in [0.2, 0.25) is 0 Å². The number of nitro benzene ring substituents is 1. The van der Waals surface area contributed by atoms with Gasteiger partial charge in [-0.15, -0.1) is 0 Å². The van der Waals surface area contributed by atoms with E-state index in [1.54, 1.807) is 0 Å². The second kappa shape index (κ2) is 3.24. The molecule has 2 rings (SSSR count). The zero-order valence-corrected chi connectivity index (χ0v) is 8.82. The minimum absolute atomic E-state index is 0.111. The molecule has 0 bridgehead atoms. The van der Waals surface area contributed by atoms with Crippen LogP contribution in [-0.4, -0.2) is 14.9 Å². The Morgan fingerprint density at radius 2 is 2.07 bits per heavy atom. The molecule has 4 nitrogen and oxygen atoms in total. The molecule has 1 unspecified atom stereocenters. The number of hydrogen-bond acceptors (Lipinski definition) is 3. The van der Waals surface area contributed by atoms with Crippen LogP contribution in [0.5, 0.6) is 5.75 Å². The molecule has 5 heteroatoms. The van der Waals surface area contributed by atoms with Gasteiger partial charge in [-0.1, -0.05) is 15.9 Å². The lowest BCUT2D eigenvalue weighted by molar-refractivity contribution is -0.385. The fourth-order valence-electron chi connectivity index (χ4n) is 1.81. The van der Waals surface area contributed by atoms with E-state index >= 15 is 0 Å². The van der Waals surface area contributed by atoms with Crippen molar-refractivity contribution in [2.24, 2.45) is 0 Å². The van der Waals surface area contributed by atoms with Crippen LogP contribution in [0.25, 0.3) is 0 Å². The Kier molecular flexibility index (Phi) is 2.19. The Hall–Kier alpha value is -1.10. The van der Waals surface area contributed by atoms with Crippen LogP contribution in [0.4, 0.5) is 5.69 Å². The molecule has 0 fully saturated rings. The molecule has 1 aromatic rings. The van der Waals surface area contributed by atoms with E-state index in [4.69, 9.17) is 0 Å². The van der Waals surface area contributed by atoms with Crippen molar-refractivity contribution in [2.45, 2.75) is 17.7 Å². The maximum Gasteiger partial charge on any atom is 0.273 e. The summed E-state index contributed by atoms with van der Waals surface area (Å²) in [6, 6.07) is 2.75. The monoisotopic (exact) mass is 257 g/mol. The van der Waals surface area contributed by atoms with Gasteiger partial charge in [0.05, 0.1) is 4.92 Å². The van der Waals surface area contributed by atoms with Crippen molar-refractivity contribution >= 4 is 21.6 Å². The van der Waals surface area contributed by atoms with Crippen molar-refractivity contribution in [1.29, 1.82) is 0 Å². The highest BCUT2D eigenvalue weighted by molar-refractivity contribution is 9.09. The Balaban J connectivity index is 2.59. The first-order valence-corrected chi connectivity index (χ1v) is 5.13. The molecule has 1 atom stereocenters. The van der Waals surface area contributed by atoms with E-state index in [1.165, 1.54) is 12.1 Å². The summed E-state index contributed by atoms with van der Waals surface area (Å²) in [6.45, 7) is 0. The van der Waals surface area contributed by atoms with Crippen molar-refractivity contribution in [3.63, 3.8) is 0 Å². The van der Waals surface area contributed by atoms with E-state index in [0.717, 1.165) is 0 Å². The third-order valence-electron chi connectivity index (χ3n) is 2.43. The van der Waals surface area contributed by atoms with Gasteiger partial charge >= 0.3 is 0 Å². The first kappa shape index (κ1) is 9.45. The summed E-state index contributed by atoms with van der Waals surface area (Å²) >= 11 is 3.40. The van der Waals surface area contributed by atoms with Gasteiger partial charge in [0.15, 0.2) is 0 Å². The van der Waals surface area contributed by atoms with Crippen LogP contribution in [0, 0.1) is 10.1 Å². The van der Waals surface area contributed by atoms with Gasteiger partial charge in [-0.25, -0.2) is 0 Å². The SMILES string of the molecule is O=[N+]([O-])c1ccc(O)c2c1CC(Br)C2. The Labute approximate surface area is 88.8 Å². The predicted octanol–water partition coefficient (Wildman–Crippen LogP) is 2.16. The second-order valence-electron chi connectivity index (χ2n) is 3.32. The fourth-order valence-corrected chi connectivity index (χ4v) is 2.46. The maximum atomic E-state index is 10.7. The van der Waals surface area contributed by atoms with Gasteiger partial charge in [0, 0.05) is 22.0 Å². The number of halogens is 1. The molecule has 14 heavy (non-hydrogen) atoms. The van der Waals surface area contributed by atoms with Crippen LogP contribution in [-0.2, 0) is 12.8 Å². The minimum atomic E-state index is -0.399. The number of rotatable bonds is 1. The Morgan fingerprint density at radius 3 is 2.71 bits per heavy atom. The molecule has 0 heterocycles. The topological polar surface area (TPSA) is 63.4 Å². The molecule has 74 valence electrons. The number of nitro groups is 1. The molecule has 0 aliphatic heterocycles. The molecule has 1 aliphatic rings. The lowest BCUT2D eigenvalue weighted by Gasteiger charge is -2.02. The summed E-state index contributed by atoms with van der Waals surface area (Å²) in [6.07, 6.45) is 1.27. The first-order chi connectivity index (χ1) is 6.59. The molecule has 0 amide bonds. The van der Waals surface area contributed by atoms with Crippen LogP contribution in [0.3, 0.4) is 0 Å². The standard InChI is InChI=1S/C9H8BrNO3/c10-5-3-6-7(4-5)9(12)2-1-8(6)11(13)14/h1-2,5,12H,3-4H2. The summed E-state index contributed by atoms with van der Waals surface area (Å²) in [5.74, 6) is 0.160. The fraction of sp³-hybridized carbons (Fsp3) is 0.333. The lowest BCUT2D eigenvalue weighted by atomic mass is 10.1. The van der Waals surface area contributed by atoms with Gasteiger partial charge in [0.25, 0.3) is 5.69 Å². The summed E-state index contributed by atoms with van der Waals surface area (Å²) in [7, 11) is 0. The second-order valence-corrected chi connectivity index (χ2v) is 4.62. The zero-order chi connectivity index (χ0) is 10.3. The van der Waals surface area contributed by atoms with Gasteiger partial charge in [0.2, 0.25) is 0 Å². The highest BCUT2D eigenvalue weighted by atomic mass is 79.9. The zero-order valence-electron chi connectivity index (χ0n) is 7.24. The molecular weight excluding hydrogens is 250 g/mol. The molecule has 1 aromatic carbocycles. The number of phenolic OH excluding ortho intramolecular Hbond substituents is 1. The Bertz CT molecular complexity index is 405. The average Bonchev–Trinajstić information content (AvgIpc) is 2.47. The third-order valence-corrected chi connectivity index (χ3v) is 3.08. The first-order valence-electron chi connectivity index (χ1n) is 4.21. The van der Waals surface area contributed by atoms with Crippen LogP contribution >= 0.6 is 15.9 Å². The van der Waals surface area contributed by atoms with Gasteiger partial charge in [-0.2, -0.15) is 0 Å². The number of nitrogens with zero attached hydrogens (tertiary/aromatic N) is 1. The molecule has 0 spiro atoms. The number of benzene rings is 1. The van der Waals surface area contributed by atoms with Crippen molar-refractivity contribution in [3.8, 4) is 5.75 Å². The Morgan fingerprint density at radius 1 is 1.43 bits per heavy atom. The van der Waals surface area contributed by atoms with Crippen molar-refractivity contribution in [1.82, 2.24) is 0 Å². The van der Waals surface area contributed by atoms with E-state index in [0.29, 0.717) is 24.0 Å². The molecule has 0 aromatic heterocycles. The van der Waals surface area contributed by atoms with Gasteiger partial charge in [-0.3, -0.25) is 10.1 Å². The van der Waals surface area contributed by atoms with Gasteiger partial charge in [0.1, 0.15) is 5.75 Å². The van der Waals surface area contributed by atoms with E-state index in [1.807, 2.05) is 0 Å². The van der Waals surface area contributed by atoms with E-state index in [-0.39, 0.29) is 16.3 Å². The summed E-state index contributed by atoms with van der Waals surface area (Å²) in [4.78, 5) is 10.5. The number of aromatic hydroxyl groups is 1. The normalized spacial score (nSPS) is 19.4. The summed E-state index contributed by atoms with van der Waals surface area (Å²) in [5, 5.41) is 20.2. The largest absolute Gasteiger partial charge is 0.508 e. The molecule has 1 aliphatic carbocycles. The van der Waals surface area contributed by atoms with Gasteiger partial charge in [-0.05, 0) is 18.9 Å². The maximum absolute atomic E-state index is 10.7. The third kappa shape index (κ3) is 1.37. The van der Waals surface area contributed by atoms with E-state index in [9.17, 15) is 15.2 Å². The number of hydrogen-bond donors (Lipinski definition) is 1. The van der Waals surface area contributed by atoms with E-state index in [2.05, 4.69) is 15.9 Å². The van der Waals surface area contributed by atoms with Crippen LogP contribution in [0.15, 0.2) is 12.1 Å². The highest BCUT2D eigenvalue weighted by Crippen LogP contribution is 2.38. The number of alkyl halides is 1. The lowest BCUT2D eigenvalue weighted by Crippen LogP contribution is -1.96. The van der Waals surface area contributed by atoms with Crippen molar-refractivity contribution in [2.75, 3.05) is 0 Å². The summed E-state index contributed by atoms with van der Waals surface area (Å²) < 4.78 is 0. The van der Waals surface area contributed by atoms with Crippen LogP contribution < -0.4 is 0 Å². The molecule has 0 radical (unpaired) electrons. The number of fused-ring (bicyclic) bond motifs is 1. The van der Waals surface area contributed by atoms with Crippen molar-refractivity contribution in [3.05, 3.63) is 33.4 Å².